The summed E-state index contributed by atoms with van der Waals surface area (Å²) >= 11 is 0. The fourth-order valence-electron chi connectivity index (χ4n) is 4.18. The summed E-state index contributed by atoms with van der Waals surface area (Å²) < 4.78 is 8.71. The van der Waals surface area contributed by atoms with E-state index in [4.69, 9.17) is 4.74 Å². The van der Waals surface area contributed by atoms with Crippen LogP contribution in [0.5, 0.6) is 11.5 Å². The van der Waals surface area contributed by atoms with Crippen LogP contribution in [0.15, 0.2) is 117 Å². The Morgan fingerprint density at radius 1 is 0.707 bits per heavy atom. The van der Waals surface area contributed by atoms with E-state index in [0.29, 0.717) is 17.1 Å². The largest absolute Gasteiger partial charge is 0.457 e. The molecule has 2 aromatic heterocycles. The molecular formula is C30H25N5O6. The van der Waals surface area contributed by atoms with E-state index in [1.165, 1.54) is 33.7 Å². The van der Waals surface area contributed by atoms with Gasteiger partial charge in [0, 0.05) is 43.2 Å². The number of ether oxygens (including phenoxy) is 1. The van der Waals surface area contributed by atoms with Crippen LogP contribution in [-0.4, -0.2) is 31.6 Å². The molecule has 3 N–H and O–H groups in total. The Labute approximate surface area is 232 Å². The molecule has 0 aliphatic heterocycles. The highest BCUT2D eigenvalue weighted by Gasteiger charge is 2.08. The van der Waals surface area contributed by atoms with Gasteiger partial charge in [0.15, 0.2) is 0 Å². The van der Waals surface area contributed by atoms with Crippen molar-refractivity contribution in [1.29, 1.82) is 0 Å². The van der Waals surface area contributed by atoms with Gasteiger partial charge in [0.2, 0.25) is 0 Å². The number of hydrogen-bond donors (Lipinski definition) is 3. The van der Waals surface area contributed by atoms with Crippen LogP contribution in [0.25, 0.3) is 11.1 Å². The molecule has 0 saturated heterocycles. The van der Waals surface area contributed by atoms with E-state index in [1.807, 2.05) is 54.6 Å². The summed E-state index contributed by atoms with van der Waals surface area (Å²) in [6.45, 7) is 0.711. The number of aromatic nitrogens is 4. The van der Waals surface area contributed by atoms with Gasteiger partial charge in [-0.15, -0.1) is 0 Å². The van der Waals surface area contributed by atoms with E-state index in [2.05, 4.69) is 15.3 Å². The van der Waals surface area contributed by atoms with Crippen molar-refractivity contribution in [3.05, 3.63) is 150 Å². The number of benzene rings is 3. The first-order valence-electron chi connectivity index (χ1n) is 12.7. The molecule has 11 nitrogen and oxygen atoms in total. The zero-order chi connectivity index (χ0) is 28.8. The lowest BCUT2D eigenvalue weighted by atomic mass is 10.0. The molecule has 0 bridgehead atoms. The molecule has 0 aliphatic rings. The summed E-state index contributed by atoms with van der Waals surface area (Å²) in [6.07, 6.45) is 2.83. The van der Waals surface area contributed by atoms with Crippen molar-refractivity contribution in [2.24, 2.45) is 0 Å². The quantitative estimate of drug-likeness (QED) is 0.256. The SMILES string of the molecule is O=C(NCCn1ccc(=O)[nH]c1=O)c1cccc(-c2ccc(Oc3cccc(Cn4ccc(=O)[nH]c4=O)c3)cc2)c1. The van der Waals surface area contributed by atoms with Crippen molar-refractivity contribution in [2.75, 3.05) is 6.54 Å². The van der Waals surface area contributed by atoms with E-state index in [0.717, 1.165) is 16.7 Å². The smallest absolute Gasteiger partial charge is 0.328 e. The first-order chi connectivity index (χ1) is 19.8. The average molecular weight is 552 g/mol. The van der Waals surface area contributed by atoms with Crippen molar-refractivity contribution >= 4 is 5.91 Å². The molecule has 41 heavy (non-hydrogen) atoms. The lowest BCUT2D eigenvalue weighted by Gasteiger charge is -2.10. The maximum absolute atomic E-state index is 12.7. The van der Waals surface area contributed by atoms with E-state index in [9.17, 15) is 24.0 Å². The van der Waals surface area contributed by atoms with Crippen LogP contribution in [0, 0.1) is 0 Å². The fraction of sp³-hybridized carbons (Fsp3) is 0.100. The molecule has 0 saturated carbocycles. The standard InChI is InChI=1S/C30H25N5O6/c36-26-11-14-34(29(39)32-26)16-13-31-28(38)23-5-2-4-22(18-23)21-7-9-24(10-8-21)41-25-6-1-3-20(17-25)19-35-15-12-27(37)33-30(35)40/h1-12,14-15,17-18H,13,16,19H2,(H,31,38)(H,32,36,39)(H,33,37,40). The summed E-state index contributed by atoms with van der Waals surface area (Å²) in [7, 11) is 0. The van der Waals surface area contributed by atoms with Crippen molar-refractivity contribution in [3.8, 4) is 22.6 Å². The van der Waals surface area contributed by atoms with Crippen LogP contribution >= 0.6 is 0 Å². The number of nitrogens with one attached hydrogen (secondary N) is 3. The third-order valence-corrected chi connectivity index (χ3v) is 6.23. The summed E-state index contributed by atoms with van der Waals surface area (Å²) in [5, 5.41) is 2.78. The molecule has 11 heteroatoms. The highest BCUT2D eigenvalue weighted by atomic mass is 16.5. The Morgan fingerprint density at radius 2 is 1.39 bits per heavy atom. The number of carbonyl (C=O) groups is 1. The van der Waals surface area contributed by atoms with Crippen molar-refractivity contribution in [1.82, 2.24) is 24.4 Å². The first-order valence-corrected chi connectivity index (χ1v) is 12.7. The number of H-pyrrole nitrogens is 2. The number of rotatable bonds is 9. The van der Waals surface area contributed by atoms with E-state index < -0.39 is 22.5 Å². The molecule has 3 aromatic carbocycles. The van der Waals surface area contributed by atoms with Gasteiger partial charge >= 0.3 is 11.4 Å². The van der Waals surface area contributed by atoms with Crippen molar-refractivity contribution < 1.29 is 9.53 Å². The Morgan fingerprint density at radius 3 is 2.10 bits per heavy atom. The molecule has 0 radical (unpaired) electrons. The van der Waals surface area contributed by atoms with Crippen LogP contribution in [0.3, 0.4) is 0 Å². The molecule has 0 aliphatic carbocycles. The normalized spacial score (nSPS) is 10.7. The van der Waals surface area contributed by atoms with Gasteiger partial charge in [-0.2, -0.15) is 0 Å². The van der Waals surface area contributed by atoms with Gasteiger partial charge in [-0.05, 0) is 53.1 Å². The molecule has 5 rings (SSSR count). The summed E-state index contributed by atoms with van der Waals surface area (Å²) in [5.41, 5.74) is 1.09. The Bertz CT molecular complexity index is 1940. The molecule has 206 valence electrons. The van der Waals surface area contributed by atoms with Gasteiger partial charge in [0.25, 0.3) is 17.0 Å². The van der Waals surface area contributed by atoms with Crippen molar-refractivity contribution in [3.63, 3.8) is 0 Å². The van der Waals surface area contributed by atoms with Gasteiger partial charge in [-0.3, -0.25) is 33.5 Å². The number of nitrogens with zero attached hydrogens (tertiary/aromatic N) is 2. The molecular weight excluding hydrogens is 526 g/mol. The molecule has 0 unspecified atom stereocenters. The lowest BCUT2D eigenvalue weighted by Crippen LogP contribution is -2.33. The van der Waals surface area contributed by atoms with Gasteiger partial charge in [-0.1, -0.05) is 36.4 Å². The van der Waals surface area contributed by atoms with Crippen LogP contribution in [0.2, 0.25) is 0 Å². The molecule has 0 atom stereocenters. The second-order valence-electron chi connectivity index (χ2n) is 9.15. The Kier molecular flexibility index (Phi) is 7.86. The Hall–Kier alpha value is -5.71. The number of carbonyl (C=O) groups excluding carboxylic acids is 1. The predicted octanol–water partition coefficient (Wildman–Crippen LogP) is 2.32. The average Bonchev–Trinajstić information content (AvgIpc) is 2.96. The molecule has 1 amide bonds. The molecule has 0 fully saturated rings. The highest BCUT2D eigenvalue weighted by Crippen LogP contribution is 2.27. The van der Waals surface area contributed by atoms with E-state index in [-0.39, 0.29) is 25.5 Å². The maximum atomic E-state index is 12.7. The van der Waals surface area contributed by atoms with Crippen LogP contribution in [-0.2, 0) is 13.1 Å². The zero-order valence-electron chi connectivity index (χ0n) is 21.7. The number of aromatic amines is 2. The third-order valence-electron chi connectivity index (χ3n) is 6.23. The van der Waals surface area contributed by atoms with Crippen LogP contribution < -0.4 is 32.6 Å². The minimum absolute atomic E-state index is 0.212. The topological polar surface area (TPSA) is 148 Å². The highest BCUT2D eigenvalue weighted by molar-refractivity contribution is 5.95. The van der Waals surface area contributed by atoms with Crippen molar-refractivity contribution in [2.45, 2.75) is 13.1 Å². The number of amides is 1. The van der Waals surface area contributed by atoms with Gasteiger partial charge in [0.05, 0.1) is 6.54 Å². The summed E-state index contributed by atoms with van der Waals surface area (Å²) in [6, 6.07) is 24.5. The second kappa shape index (κ2) is 12.0. The van der Waals surface area contributed by atoms with Crippen LogP contribution in [0.1, 0.15) is 15.9 Å². The van der Waals surface area contributed by atoms with Gasteiger partial charge in [0.1, 0.15) is 11.5 Å². The first kappa shape index (κ1) is 26.9. The van der Waals surface area contributed by atoms with Crippen LogP contribution in [0.4, 0.5) is 0 Å². The minimum atomic E-state index is -0.531. The predicted molar refractivity (Wildman–Crippen MR) is 152 cm³/mol. The number of hydrogen-bond acceptors (Lipinski definition) is 6. The monoisotopic (exact) mass is 551 g/mol. The summed E-state index contributed by atoms with van der Waals surface area (Å²) in [4.78, 5) is 63.3. The van der Waals surface area contributed by atoms with E-state index >= 15 is 0 Å². The van der Waals surface area contributed by atoms with Gasteiger partial charge < -0.3 is 10.1 Å². The zero-order valence-corrected chi connectivity index (χ0v) is 21.7. The molecule has 0 spiro atoms. The Balaban J connectivity index is 1.21. The fourth-order valence-corrected chi connectivity index (χ4v) is 4.18. The molecule has 5 aromatic rings. The van der Waals surface area contributed by atoms with E-state index in [1.54, 1.807) is 18.2 Å². The second-order valence-corrected chi connectivity index (χ2v) is 9.15. The molecule has 2 heterocycles. The minimum Gasteiger partial charge on any atom is -0.457 e. The lowest BCUT2D eigenvalue weighted by molar-refractivity contribution is 0.0952. The maximum Gasteiger partial charge on any atom is 0.328 e. The third kappa shape index (κ3) is 6.84. The summed E-state index contributed by atoms with van der Waals surface area (Å²) in [5.74, 6) is 0.919. The van der Waals surface area contributed by atoms with Gasteiger partial charge in [-0.25, -0.2) is 9.59 Å².